The number of carbonyl (C=O) groups excluding carboxylic acids is 2. The molecule has 0 saturated carbocycles. The van der Waals surface area contributed by atoms with Crippen molar-refractivity contribution in [1.82, 2.24) is 10.9 Å². The number of hydrazine groups is 1. The van der Waals surface area contributed by atoms with E-state index in [9.17, 15) is 14.7 Å². The zero-order valence-electron chi connectivity index (χ0n) is 10.7. The second-order valence-electron chi connectivity index (χ2n) is 4.43. The molecule has 0 aliphatic heterocycles. The summed E-state index contributed by atoms with van der Waals surface area (Å²) in [6.45, 7) is 5.33. The van der Waals surface area contributed by atoms with Crippen molar-refractivity contribution in [2.75, 3.05) is 0 Å². The number of nitrogens with one attached hydrogen (secondary N) is 2. The van der Waals surface area contributed by atoms with Gasteiger partial charge in [-0.1, -0.05) is 13.8 Å². The lowest BCUT2D eigenvalue weighted by Crippen LogP contribution is -2.43. The average Bonchev–Trinajstić information content (AvgIpc) is 2.72. The molecule has 1 unspecified atom stereocenters. The minimum atomic E-state index is -0.729. The maximum atomic E-state index is 11.5. The minimum Gasteiger partial charge on any atom is -0.456 e. The van der Waals surface area contributed by atoms with Crippen LogP contribution in [-0.2, 0) is 4.79 Å². The minimum absolute atomic E-state index is 0.0147. The van der Waals surface area contributed by atoms with Gasteiger partial charge in [0.25, 0.3) is 0 Å². The van der Waals surface area contributed by atoms with E-state index in [2.05, 4.69) is 10.9 Å². The highest BCUT2D eigenvalue weighted by atomic mass is 16.3. The van der Waals surface area contributed by atoms with Crippen LogP contribution in [-0.4, -0.2) is 23.0 Å². The summed E-state index contributed by atoms with van der Waals surface area (Å²) in [5.41, 5.74) is 4.43. The van der Waals surface area contributed by atoms with Crippen molar-refractivity contribution in [3.05, 3.63) is 23.7 Å². The Hall–Kier alpha value is -1.82. The van der Waals surface area contributed by atoms with Gasteiger partial charge in [-0.25, -0.2) is 0 Å². The summed E-state index contributed by atoms with van der Waals surface area (Å²) in [4.78, 5) is 22.9. The third-order valence-electron chi connectivity index (χ3n) is 2.44. The molecule has 0 radical (unpaired) electrons. The third kappa shape index (κ3) is 4.21. The van der Waals surface area contributed by atoms with Gasteiger partial charge in [-0.3, -0.25) is 20.4 Å². The fraction of sp³-hybridized carbons (Fsp3) is 0.500. The number of hydrogen-bond acceptors (Lipinski definition) is 4. The van der Waals surface area contributed by atoms with Crippen LogP contribution in [0.4, 0.5) is 0 Å². The van der Waals surface area contributed by atoms with Gasteiger partial charge in [-0.15, -0.1) is 0 Å². The van der Waals surface area contributed by atoms with Gasteiger partial charge in [0.15, 0.2) is 5.76 Å². The van der Waals surface area contributed by atoms with E-state index in [0.717, 1.165) is 0 Å². The summed E-state index contributed by atoms with van der Waals surface area (Å²) in [5, 5.41) is 9.49. The Morgan fingerprint density at radius 1 is 1.33 bits per heavy atom. The smallest absolute Gasteiger partial charge is 0.305 e. The van der Waals surface area contributed by atoms with E-state index in [-0.39, 0.29) is 18.1 Å². The van der Waals surface area contributed by atoms with Crippen molar-refractivity contribution in [1.29, 1.82) is 0 Å². The predicted molar refractivity (Wildman–Crippen MR) is 64.5 cm³/mol. The van der Waals surface area contributed by atoms with Gasteiger partial charge in [-0.05, 0) is 25.0 Å². The zero-order valence-corrected chi connectivity index (χ0v) is 10.7. The number of aryl methyl sites for hydroxylation is 1. The Bertz CT molecular complexity index is 425. The topological polar surface area (TPSA) is 91.6 Å². The number of carbonyl (C=O) groups is 2. The van der Waals surface area contributed by atoms with Crippen LogP contribution in [0.2, 0.25) is 0 Å². The van der Waals surface area contributed by atoms with E-state index in [1.54, 1.807) is 13.0 Å². The second kappa shape index (κ2) is 6.20. The first-order valence-electron chi connectivity index (χ1n) is 5.74. The van der Waals surface area contributed by atoms with Gasteiger partial charge in [0.2, 0.25) is 5.91 Å². The fourth-order valence-electron chi connectivity index (χ4n) is 1.22. The van der Waals surface area contributed by atoms with E-state index in [0.29, 0.717) is 5.76 Å². The van der Waals surface area contributed by atoms with Gasteiger partial charge in [-0.2, -0.15) is 0 Å². The van der Waals surface area contributed by atoms with E-state index >= 15 is 0 Å². The van der Waals surface area contributed by atoms with Crippen molar-refractivity contribution >= 4 is 11.8 Å². The van der Waals surface area contributed by atoms with Crippen LogP contribution in [0.1, 0.15) is 36.6 Å². The fourth-order valence-corrected chi connectivity index (χ4v) is 1.22. The molecule has 3 N–H and O–H groups in total. The zero-order chi connectivity index (χ0) is 13.7. The standard InChI is InChI=1S/C12H18N2O4/c1-7(2)9(15)6-11(16)13-14-12(17)10-5-4-8(3)18-10/h4-5,7,9,15H,6H2,1-3H3,(H,13,16)(H,14,17). The number of aliphatic hydroxyl groups is 1. The lowest BCUT2D eigenvalue weighted by molar-refractivity contribution is -0.124. The normalized spacial score (nSPS) is 12.3. The molecule has 0 aliphatic rings. The maximum absolute atomic E-state index is 11.5. The molecule has 18 heavy (non-hydrogen) atoms. The third-order valence-corrected chi connectivity index (χ3v) is 2.44. The van der Waals surface area contributed by atoms with E-state index in [1.807, 2.05) is 13.8 Å². The quantitative estimate of drug-likeness (QED) is 0.692. The Kier molecular flexibility index (Phi) is 4.91. The molecule has 0 saturated heterocycles. The molecule has 2 amide bonds. The lowest BCUT2D eigenvalue weighted by Gasteiger charge is -2.13. The number of furan rings is 1. The van der Waals surface area contributed by atoms with Gasteiger partial charge in [0.05, 0.1) is 12.5 Å². The molecule has 0 aromatic carbocycles. The summed E-state index contributed by atoms with van der Waals surface area (Å²) < 4.78 is 5.08. The second-order valence-corrected chi connectivity index (χ2v) is 4.43. The van der Waals surface area contributed by atoms with Crippen molar-refractivity contribution < 1.29 is 19.1 Å². The Balaban J connectivity index is 2.37. The predicted octanol–water partition coefficient (Wildman–Crippen LogP) is 0.756. The van der Waals surface area contributed by atoms with Crippen LogP contribution in [0.25, 0.3) is 0 Å². The summed E-state index contributed by atoms with van der Waals surface area (Å²) in [6, 6.07) is 3.17. The van der Waals surface area contributed by atoms with E-state index in [1.165, 1.54) is 6.07 Å². The SMILES string of the molecule is Cc1ccc(C(=O)NNC(=O)CC(O)C(C)C)o1. The molecule has 6 heteroatoms. The highest BCUT2D eigenvalue weighted by molar-refractivity contribution is 5.92. The average molecular weight is 254 g/mol. The Morgan fingerprint density at radius 2 is 2.00 bits per heavy atom. The number of rotatable bonds is 4. The molecule has 6 nitrogen and oxygen atoms in total. The van der Waals surface area contributed by atoms with E-state index < -0.39 is 17.9 Å². The summed E-state index contributed by atoms with van der Waals surface area (Å²) in [5.74, 6) is -0.263. The van der Waals surface area contributed by atoms with Crippen molar-refractivity contribution in [3.8, 4) is 0 Å². The number of aliphatic hydroxyl groups excluding tert-OH is 1. The summed E-state index contributed by atoms with van der Waals surface area (Å²) >= 11 is 0. The Morgan fingerprint density at radius 3 is 2.50 bits per heavy atom. The molecule has 0 spiro atoms. The van der Waals surface area contributed by atoms with Gasteiger partial charge in [0, 0.05) is 0 Å². The van der Waals surface area contributed by atoms with Gasteiger partial charge in [0.1, 0.15) is 5.76 Å². The highest BCUT2D eigenvalue weighted by Crippen LogP contribution is 2.06. The van der Waals surface area contributed by atoms with Crippen LogP contribution in [0.3, 0.4) is 0 Å². The van der Waals surface area contributed by atoms with Gasteiger partial charge >= 0.3 is 5.91 Å². The molecule has 100 valence electrons. The molecular weight excluding hydrogens is 236 g/mol. The molecule has 1 heterocycles. The number of amides is 2. The van der Waals surface area contributed by atoms with Crippen molar-refractivity contribution in [2.45, 2.75) is 33.3 Å². The van der Waals surface area contributed by atoms with Crippen LogP contribution < -0.4 is 10.9 Å². The molecule has 1 aromatic rings. The molecule has 1 atom stereocenters. The lowest BCUT2D eigenvalue weighted by atomic mass is 10.0. The first-order valence-corrected chi connectivity index (χ1v) is 5.74. The first kappa shape index (κ1) is 14.2. The monoisotopic (exact) mass is 254 g/mol. The van der Waals surface area contributed by atoms with Crippen LogP contribution in [0.5, 0.6) is 0 Å². The molecule has 1 rings (SSSR count). The van der Waals surface area contributed by atoms with Crippen molar-refractivity contribution in [2.24, 2.45) is 5.92 Å². The highest BCUT2D eigenvalue weighted by Gasteiger charge is 2.15. The van der Waals surface area contributed by atoms with Crippen LogP contribution >= 0.6 is 0 Å². The summed E-state index contributed by atoms with van der Waals surface area (Å²) in [7, 11) is 0. The van der Waals surface area contributed by atoms with Crippen LogP contribution in [0.15, 0.2) is 16.5 Å². The maximum Gasteiger partial charge on any atom is 0.305 e. The molecule has 0 aliphatic carbocycles. The largest absolute Gasteiger partial charge is 0.456 e. The molecular formula is C12H18N2O4. The molecule has 1 aromatic heterocycles. The number of hydrogen-bond donors (Lipinski definition) is 3. The van der Waals surface area contributed by atoms with Crippen molar-refractivity contribution in [3.63, 3.8) is 0 Å². The van der Waals surface area contributed by atoms with Gasteiger partial charge < -0.3 is 9.52 Å². The molecule has 0 fully saturated rings. The summed E-state index contributed by atoms with van der Waals surface area (Å²) in [6.07, 6.45) is -0.789. The Labute approximate surface area is 105 Å². The van der Waals surface area contributed by atoms with Crippen LogP contribution in [0, 0.1) is 12.8 Å². The molecule has 0 bridgehead atoms. The first-order chi connectivity index (χ1) is 8.40. The van der Waals surface area contributed by atoms with E-state index in [4.69, 9.17) is 4.42 Å².